The van der Waals surface area contributed by atoms with Crippen LogP contribution in [0.1, 0.15) is 59.4 Å². The van der Waals surface area contributed by atoms with Gasteiger partial charge in [0, 0.05) is 17.1 Å². The zero-order valence-corrected chi connectivity index (χ0v) is 20.9. The van der Waals surface area contributed by atoms with Crippen LogP contribution >= 0.6 is 15.9 Å². The molecule has 0 saturated carbocycles. The van der Waals surface area contributed by atoms with Crippen LogP contribution in [0.4, 0.5) is 0 Å². The number of esters is 1. The lowest BCUT2D eigenvalue weighted by atomic mass is 10.1. The van der Waals surface area contributed by atoms with E-state index in [1.54, 1.807) is 24.3 Å². The maximum Gasteiger partial charge on any atom is 0.330 e. The first-order valence-corrected chi connectivity index (χ1v) is 12.1. The third kappa shape index (κ3) is 6.47. The molecule has 0 spiro atoms. The molecule has 180 valence electrons. The molecule has 0 fully saturated rings. The number of fused-ring (bicyclic) bond motifs is 1. The zero-order valence-electron chi connectivity index (χ0n) is 19.3. The van der Waals surface area contributed by atoms with Gasteiger partial charge in [0.25, 0.3) is 11.8 Å². The number of benzene rings is 2. The van der Waals surface area contributed by atoms with Crippen molar-refractivity contribution in [3.8, 4) is 11.5 Å². The minimum atomic E-state index is -0.507. The Kier molecular flexibility index (Phi) is 9.27. The van der Waals surface area contributed by atoms with Gasteiger partial charge in [0.15, 0.2) is 11.5 Å². The molecule has 1 aliphatic heterocycles. The van der Waals surface area contributed by atoms with Crippen molar-refractivity contribution in [3.63, 3.8) is 0 Å². The lowest BCUT2D eigenvalue weighted by Crippen LogP contribution is -2.31. The molecular weight excluding hydrogens is 502 g/mol. The van der Waals surface area contributed by atoms with Crippen molar-refractivity contribution in [3.05, 3.63) is 63.6 Å². The molecule has 2 aromatic carbocycles. The van der Waals surface area contributed by atoms with E-state index >= 15 is 0 Å². The molecule has 0 bridgehead atoms. The highest BCUT2D eigenvalue weighted by atomic mass is 79.9. The Hall–Kier alpha value is -3.13. The molecule has 0 aromatic heterocycles. The lowest BCUT2D eigenvalue weighted by molar-refractivity contribution is -0.137. The summed E-state index contributed by atoms with van der Waals surface area (Å²) in [5, 5.41) is 0. The second-order valence-corrected chi connectivity index (χ2v) is 8.56. The van der Waals surface area contributed by atoms with Crippen molar-refractivity contribution < 1.29 is 28.6 Å². The molecule has 3 rings (SSSR count). The summed E-state index contributed by atoms with van der Waals surface area (Å²) >= 11 is 3.31. The number of carbonyl (C=O) groups excluding carboxylic acids is 3. The molecule has 1 heterocycles. The summed E-state index contributed by atoms with van der Waals surface area (Å²) < 4.78 is 17.4. The van der Waals surface area contributed by atoms with Crippen LogP contribution in [-0.2, 0) is 9.53 Å². The molecule has 0 unspecified atom stereocenters. The average Bonchev–Trinajstić information content (AvgIpc) is 3.05. The number of hydrogen-bond acceptors (Lipinski definition) is 6. The van der Waals surface area contributed by atoms with Crippen LogP contribution in [-0.4, -0.2) is 49.0 Å². The average molecular weight is 530 g/mol. The fourth-order valence-corrected chi connectivity index (χ4v) is 3.78. The van der Waals surface area contributed by atoms with Gasteiger partial charge in [-0.2, -0.15) is 0 Å². The number of ether oxygens (including phenoxy) is 3. The summed E-state index contributed by atoms with van der Waals surface area (Å²) in [6, 6.07) is 10.5. The van der Waals surface area contributed by atoms with Crippen molar-refractivity contribution in [2.45, 2.75) is 33.1 Å². The van der Waals surface area contributed by atoms with Gasteiger partial charge in [-0.3, -0.25) is 14.5 Å². The summed E-state index contributed by atoms with van der Waals surface area (Å²) in [7, 11) is 0. The first-order chi connectivity index (χ1) is 16.4. The summed E-state index contributed by atoms with van der Waals surface area (Å²) in [6.07, 6.45) is 5.34. The van der Waals surface area contributed by atoms with E-state index in [4.69, 9.17) is 14.2 Å². The Balaban J connectivity index is 1.48. The van der Waals surface area contributed by atoms with Crippen LogP contribution in [0.5, 0.6) is 11.5 Å². The normalized spacial score (nSPS) is 12.9. The Labute approximate surface area is 207 Å². The van der Waals surface area contributed by atoms with Crippen LogP contribution in [0.15, 0.2) is 46.9 Å². The first kappa shape index (κ1) is 25.5. The molecule has 0 atom stereocenters. The minimum absolute atomic E-state index is 0.0919. The van der Waals surface area contributed by atoms with Crippen LogP contribution in [0, 0.1) is 0 Å². The molecule has 8 heteroatoms. The molecule has 34 heavy (non-hydrogen) atoms. The van der Waals surface area contributed by atoms with Gasteiger partial charge >= 0.3 is 5.97 Å². The molecule has 7 nitrogen and oxygen atoms in total. The van der Waals surface area contributed by atoms with Gasteiger partial charge in [-0.15, -0.1) is 0 Å². The Morgan fingerprint density at radius 2 is 1.74 bits per heavy atom. The Morgan fingerprint density at radius 3 is 2.50 bits per heavy atom. The zero-order chi connectivity index (χ0) is 24.5. The van der Waals surface area contributed by atoms with Gasteiger partial charge in [0.05, 0.1) is 30.9 Å². The van der Waals surface area contributed by atoms with Crippen LogP contribution in [0.3, 0.4) is 0 Å². The van der Waals surface area contributed by atoms with Crippen LogP contribution in [0.25, 0.3) is 6.08 Å². The SMILES string of the molecule is CCCCOc1ccc(/C=C/C(=O)OCCCN2C(=O)c3ccc(Br)cc3C2=O)cc1OCC. The van der Waals surface area contributed by atoms with Crippen molar-refractivity contribution in [1.29, 1.82) is 0 Å². The molecule has 0 aliphatic carbocycles. The second-order valence-electron chi connectivity index (χ2n) is 7.65. The van der Waals surface area contributed by atoms with E-state index < -0.39 is 5.97 Å². The molecule has 0 saturated heterocycles. The molecule has 2 amide bonds. The topological polar surface area (TPSA) is 82.1 Å². The predicted octanol–water partition coefficient (Wildman–Crippen LogP) is 5.27. The summed E-state index contributed by atoms with van der Waals surface area (Å²) in [6.45, 7) is 5.40. The fraction of sp³-hybridized carbons (Fsp3) is 0.346. The fourth-order valence-electron chi connectivity index (χ4n) is 3.42. The van der Waals surface area contributed by atoms with E-state index in [0.29, 0.717) is 42.3 Å². The Morgan fingerprint density at radius 1 is 0.941 bits per heavy atom. The predicted molar refractivity (Wildman–Crippen MR) is 132 cm³/mol. The molecule has 0 N–H and O–H groups in total. The monoisotopic (exact) mass is 529 g/mol. The van der Waals surface area contributed by atoms with E-state index in [0.717, 1.165) is 22.9 Å². The largest absolute Gasteiger partial charge is 0.490 e. The highest BCUT2D eigenvalue weighted by Gasteiger charge is 2.35. The van der Waals surface area contributed by atoms with Gasteiger partial charge in [0.2, 0.25) is 0 Å². The molecule has 2 aromatic rings. The number of imide groups is 1. The number of nitrogens with zero attached hydrogens (tertiary/aromatic N) is 1. The lowest BCUT2D eigenvalue weighted by Gasteiger charge is -2.13. The minimum Gasteiger partial charge on any atom is -0.490 e. The van der Waals surface area contributed by atoms with Crippen LogP contribution < -0.4 is 9.47 Å². The van der Waals surface area contributed by atoms with E-state index in [9.17, 15) is 14.4 Å². The van der Waals surface area contributed by atoms with Crippen molar-refractivity contribution in [2.24, 2.45) is 0 Å². The van der Waals surface area contributed by atoms with E-state index in [2.05, 4.69) is 22.9 Å². The summed E-state index contributed by atoms with van der Waals surface area (Å²) in [4.78, 5) is 38.2. The maximum absolute atomic E-state index is 12.5. The highest BCUT2D eigenvalue weighted by Crippen LogP contribution is 2.29. The number of hydrogen-bond donors (Lipinski definition) is 0. The smallest absolute Gasteiger partial charge is 0.330 e. The van der Waals surface area contributed by atoms with Crippen molar-refractivity contribution >= 4 is 39.8 Å². The number of unbranched alkanes of at least 4 members (excludes halogenated alkanes) is 1. The quantitative estimate of drug-likeness (QED) is 0.161. The van der Waals surface area contributed by atoms with Gasteiger partial charge in [-0.05, 0) is 61.7 Å². The Bertz CT molecular complexity index is 1080. The number of carbonyl (C=O) groups is 3. The van der Waals surface area contributed by atoms with Crippen molar-refractivity contribution in [1.82, 2.24) is 4.90 Å². The van der Waals surface area contributed by atoms with Gasteiger partial charge in [-0.25, -0.2) is 4.79 Å². The molecule has 1 aliphatic rings. The second kappa shape index (κ2) is 12.4. The van der Waals surface area contributed by atoms with E-state index in [1.807, 2.05) is 25.1 Å². The third-order valence-corrected chi connectivity index (χ3v) is 5.63. The first-order valence-electron chi connectivity index (χ1n) is 11.3. The summed E-state index contributed by atoms with van der Waals surface area (Å²) in [5.41, 5.74) is 1.55. The highest BCUT2D eigenvalue weighted by molar-refractivity contribution is 9.10. The van der Waals surface area contributed by atoms with Gasteiger partial charge in [0.1, 0.15) is 0 Å². The van der Waals surface area contributed by atoms with Gasteiger partial charge in [-0.1, -0.05) is 35.3 Å². The summed E-state index contributed by atoms with van der Waals surface area (Å²) in [5.74, 6) is 0.135. The molecular formula is C26H28BrNO6. The standard InChI is InChI=1S/C26H28BrNO6/c1-3-5-14-33-22-11-7-18(16-23(22)32-4-2)8-12-24(29)34-15-6-13-28-25(30)20-10-9-19(27)17-21(20)26(28)31/h7-12,16-17H,3-6,13-15H2,1-2H3/b12-8+. The maximum atomic E-state index is 12.5. The number of amides is 2. The van der Waals surface area contributed by atoms with Crippen molar-refractivity contribution in [2.75, 3.05) is 26.4 Å². The number of rotatable bonds is 12. The van der Waals surface area contributed by atoms with Crippen LogP contribution in [0.2, 0.25) is 0 Å². The van der Waals surface area contributed by atoms with E-state index in [1.165, 1.54) is 11.0 Å². The van der Waals surface area contributed by atoms with Gasteiger partial charge < -0.3 is 14.2 Å². The van der Waals surface area contributed by atoms with E-state index in [-0.39, 0.29) is 25.0 Å². The molecule has 0 radical (unpaired) electrons. The number of halogens is 1. The third-order valence-electron chi connectivity index (χ3n) is 5.14.